The smallest absolute Gasteiger partial charge is 0.0502 e. The molecule has 4 bridgehead atoms. The van der Waals surface area contributed by atoms with Crippen LogP contribution in [0.4, 0.5) is 17.1 Å². The Morgan fingerprint density at radius 2 is 0.948 bits per heavy atom. The van der Waals surface area contributed by atoms with E-state index in [1.165, 1.54) is 107 Å². The van der Waals surface area contributed by atoms with E-state index in [9.17, 15) is 0 Å². The van der Waals surface area contributed by atoms with Crippen LogP contribution < -0.4 is 4.90 Å². The summed E-state index contributed by atoms with van der Waals surface area (Å²) in [6.07, 6.45) is 11.8. The van der Waals surface area contributed by atoms with E-state index in [0.29, 0.717) is 11.8 Å². The minimum atomic E-state index is 0.0323. The second-order valence-electron chi connectivity index (χ2n) is 22.3. The molecule has 0 N–H and O–H groups in total. The second-order valence-corrected chi connectivity index (χ2v) is 23.4. The van der Waals surface area contributed by atoms with Gasteiger partial charge in [0.25, 0.3) is 0 Å². The third-order valence-corrected chi connectivity index (χ3v) is 18.1. The van der Waals surface area contributed by atoms with Crippen LogP contribution in [0.15, 0.2) is 113 Å². The van der Waals surface area contributed by atoms with Crippen molar-refractivity contribution in [2.24, 2.45) is 23.7 Å². The molecule has 2 heteroatoms. The van der Waals surface area contributed by atoms with Gasteiger partial charge < -0.3 is 4.90 Å². The first-order chi connectivity index (χ1) is 27.7. The van der Waals surface area contributed by atoms with Gasteiger partial charge in [-0.25, -0.2) is 0 Å². The maximum Gasteiger partial charge on any atom is 0.0502 e. The molecule has 1 heterocycles. The lowest BCUT2D eigenvalue weighted by atomic mass is 9.42. The van der Waals surface area contributed by atoms with Gasteiger partial charge in [0, 0.05) is 20.9 Å². The third-order valence-electron chi connectivity index (χ3n) is 17.0. The average molecular weight is 782 g/mol. The normalized spacial score (nSPS) is 28.6. The first-order valence-corrected chi connectivity index (χ1v) is 23.6. The lowest BCUT2D eigenvalue weighted by Gasteiger charge is -2.63. The molecule has 7 aliphatic rings. The van der Waals surface area contributed by atoms with Gasteiger partial charge in [-0.1, -0.05) is 128 Å². The van der Waals surface area contributed by atoms with Crippen molar-refractivity contribution in [3.05, 3.63) is 137 Å². The number of fused-ring (bicyclic) bond motifs is 4. The van der Waals surface area contributed by atoms with Crippen molar-refractivity contribution < 1.29 is 0 Å². The summed E-state index contributed by atoms with van der Waals surface area (Å²) in [7, 11) is 0. The average Bonchev–Trinajstić information content (AvgIpc) is 3.20. The molecule has 12 rings (SSSR count). The summed E-state index contributed by atoms with van der Waals surface area (Å²) in [6, 6.07) is 41.2. The highest BCUT2D eigenvalue weighted by atomic mass is 32.2. The zero-order chi connectivity index (χ0) is 40.0. The molecule has 1 spiro atoms. The fourth-order valence-corrected chi connectivity index (χ4v) is 15.3. The molecule has 0 amide bonds. The summed E-state index contributed by atoms with van der Waals surface area (Å²) in [5.74, 6) is 3.17. The summed E-state index contributed by atoms with van der Waals surface area (Å²) < 4.78 is 0. The molecule has 58 heavy (non-hydrogen) atoms. The van der Waals surface area contributed by atoms with Crippen LogP contribution in [0, 0.1) is 23.7 Å². The molecule has 4 fully saturated rings. The van der Waals surface area contributed by atoms with Gasteiger partial charge in [0.05, 0.1) is 11.4 Å². The zero-order valence-corrected chi connectivity index (χ0v) is 37.2. The van der Waals surface area contributed by atoms with Crippen LogP contribution in [0.5, 0.6) is 0 Å². The summed E-state index contributed by atoms with van der Waals surface area (Å²) in [6.45, 7) is 20.0. The van der Waals surface area contributed by atoms with E-state index in [0.717, 1.165) is 11.8 Å². The molecule has 0 saturated heterocycles. The van der Waals surface area contributed by atoms with E-state index in [-0.39, 0.29) is 27.1 Å². The topological polar surface area (TPSA) is 3.24 Å². The Kier molecular flexibility index (Phi) is 8.12. The SMILES string of the molecule is CC1(C)CCC(C)(C)c2c(N(c3ccc4c(c3)C3(c5cc(-c6ccccc6)ccc5S4)C4CC5CC(C4)CC3C5)c3cccc4c3C(C)(C)CCC4(C)C)cccc21. The molecule has 5 aromatic carbocycles. The lowest BCUT2D eigenvalue weighted by molar-refractivity contribution is -0.0443. The highest BCUT2D eigenvalue weighted by Gasteiger charge is 2.61. The molecule has 6 aliphatic carbocycles. The van der Waals surface area contributed by atoms with E-state index in [4.69, 9.17) is 0 Å². The van der Waals surface area contributed by atoms with Gasteiger partial charge in [-0.2, -0.15) is 0 Å². The number of rotatable bonds is 4. The van der Waals surface area contributed by atoms with Gasteiger partial charge in [-0.15, -0.1) is 0 Å². The van der Waals surface area contributed by atoms with Crippen molar-refractivity contribution in [1.82, 2.24) is 0 Å². The highest BCUT2D eigenvalue weighted by Crippen LogP contribution is 2.69. The Hall–Kier alpha value is -3.75. The molecule has 1 nitrogen and oxygen atoms in total. The predicted octanol–water partition coefficient (Wildman–Crippen LogP) is 15.7. The van der Waals surface area contributed by atoms with Gasteiger partial charge in [-0.05, 0) is 190 Å². The Morgan fingerprint density at radius 3 is 1.50 bits per heavy atom. The molecular weight excluding hydrogens is 719 g/mol. The summed E-state index contributed by atoms with van der Waals surface area (Å²) in [5.41, 5.74) is 16.6. The Morgan fingerprint density at radius 1 is 0.448 bits per heavy atom. The van der Waals surface area contributed by atoms with Crippen molar-refractivity contribution in [2.75, 3.05) is 4.90 Å². The first kappa shape index (κ1) is 37.3. The zero-order valence-electron chi connectivity index (χ0n) is 36.3. The van der Waals surface area contributed by atoms with Crippen molar-refractivity contribution in [3.63, 3.8) is 0 Å². The molecule has 0 radical (unpaired) electrons. The summed E-state index contributed by atoms with van der Waals surface area (Å²) in [4.78, 5) is 5.77. The minimum absolute atomic E-state index is 0.0323. The standard InChI is InChI=1S/C56H63NS/c1-52(2)24-26-54(5,6)50-42(52)16-12-18-46(50)57(47-19-13-17-43-51(47)55(7,8)27-25-53(43,3)4)41-21-23-49-45(34-41)56(39-29-35-28-36(31-39)32-40(56)30-35)44-33-38(20-22-48(44)58-49)37-14-10-9-11-15-37/h9-23,33-36,39-40H,24-32H2,1-8H3. The molecule has 0 aromatic heterocycles. The van der Waals surface area contributed by atoms with Gasteiger partial charge in [0.2, 0.25) is 0 Å². The first-order valence-electron chi connectivity index (χ1n) is 22.8. The fourth-order valence-electron chi connectivity index (χ4n) is 14.1. The van der Waals surface area contributed by atoms with Gasteiger partial charge in [0.15, 0.2) is 0 Å². The van der Waals surface area contributed by atoms with Crippen molar-refractivity contribution >= 4 is 28.8 Å². The van der Waals surface area contributed by atoms with E-state index in [2.05, 4.69) is 163 Å². The Labute approximate surface area is 353 Å². The van der Waals surface area contributed by atoms with E-state index in [1.807, 2.05) is 11.8 Å². The second kappa shape index (κ2) is 12.6. The largest absolute Gasteiger partial charge is 0.310 e. The predicted molar refractivity (Wildman–Crippen MR) is 246 cm³/mol. The van der Waals surface area contributed by atoms with E-state index >= 15 is 0 Å². The number of hydrogen-bond donors (Lipinski definition) is 0. The molecule has 0 unspecified atom stereocenters. The van der Waals surface area contributed by atoms with Crippen LogP contribution in [-0.2, 0) is 27.1 Å². The Bertz CT molecular complexity index is 2350. The van der Waals surface area contributed by atoms with Crippen LogP contribution >= 0.6 is 11.8 Å². The van der Waals surface area contributed by atoms with Gasteiger partial charge in [0.1, 0.15) is 0 Å². The number of anilines is 3. The molecule has 1 aliphatic heterocycles. The highest BCUT2D eigenvalue weighted by molar-refractivity contribution is 7.99. The monoisotopic (exact) mass is 781 g/mol. The number of hydrogen-bond acceptors (Lipinski definition) is 2. The van der Waals surface area contributed by atoms with Crippen LogP contribution in [0.2, 0.25) is 0 Å². The lowest BCUT2D eigenvalue weighted by Crippen LogP contribution is -2.57. The number of benzene rings is 5. The number of nitrogens with zero attached hydrogens (tertiary/aromatic N) is 1. The van der Waals surface area contributed by atoms with Gasteiger partial charge in [-0.3, -0.25) is 0 Å². The minimum Gasteiger partial charge on any atom is -0.310 e. The maximum absolute atomic E-state index is 2.79. The van der Waals surface area contributed by atoms with Crippen LogP contribution in [-0.4, -0.2) is 0 Å². The van der Waals surface area contributed by atoms with E-state index < -0.39 is 0 Å². The molecular formula is C56H63NS. The summed E-state index contributed by atoms with van der Waals surface area (Å²) in [5, 5.41) is 0. The molecule has 4 saturated carbocycles. The third kappa shape index (κ3) is 5.34. The molecule has 298 valence electrons. The Balaban J connectivity index is 1.19. The van der Waals surface area contributed by atoms with Crippen molar-refractivity contribution in [2.45, 2.75) is 150 Å². The summed E-state index contributed by atoms with van der Waals surface area (Å²) >= 11 is 2.04. The van der Waals surface area contributed by atoms with Crippen molar-refractivity contribution in [1.29, 1.82) is 0 Å². The van der Waals surface area contributed by atoms with Crippen LogP contribution in [0.1, 0.15) is 147 Å². The van der Waals surface area contributed by atoms with Crippen molar-refractivity contribution in [3.8, 4) is 11.1 Å². The molecule has 5 aromatic rings. The van der Waals surface area contributed by atoms with Crippen LogP contribution in [0.3, 0.4) is 0 Å². The van der Waals surface area contributed by atoms with Gasteiger partial charge >= 0.3 is 0 Å². The van der Waals surface area contributed by atoms with E-state index in [1.54, 1.807) is 22.3 Å². The maximum atomic E-state index is 2.79. The van der Waals surface area contributed by atoms with Crippen LogP contribution in [0.25, 0.3) is 11.1 Å². The molecule has 0 atom stereocenters. The fraction of sp³-hybridized carbons (Fsp3) is 0.464. The quantitative estimate of drug-likeness (QED) is 0.179.